The van der Waals surface area contributed by atoms with Crippen molar-refractivity contribution in [1.82, 2.24) is 9.47 Å². The normalized spacial score (nSPS) is 15.9. The highest BCUT2D eigenvalue weighted by Crippen LogP contribution is 2.35. The van der Waals surface area contributed by atoms with Crippen LogP contribution in [0.4, 0.5) is 10.5 Å². The van der Waals surface area contributed by atoms with Gasteiger partial charge in [0.05, 0.1) is 16.9 Å². The Morgan fingerprint density at radius 2 is 1.88 bits per heavy atom. The van der Waals surface area contributed by atoms with Crippen molar-refractivity contribution in [2.75, 3.05) is 7.11 Å². The zero-order chi connectivity index (χ0) is 23.7. The van der Waals surface area contributed by atoms with Crippen molar-refractivity contribution in [2.24, 2.45) is 0 Å². The summed E-state index contributed by atoms with van der Waals surface area (Å²) in [6, 6.07) is 12.9. The van der Waals surface area contributed by atoms with Crippen LogP contribution in [-0.2, 0) is 20.9 Å². The minimum atomic E-state index is -1.02. The zero-order valence-electron chi connectivity index (χ0n) is 17.8. The fourth-order valence-electron chi connectivity index (χ4n) is 3.67. The monoisotopic (exact) mass is 465 g/mol. The van der Waals surface area contributed by atoms with Crippen LogP contribution in [0.25, 0.3) is 17.0 Å². The van der Waals surface area contributed by atoms with Crippen molar-refractivity contribution in [3.8, 4) is 0 Å². The first-order valence-electron chi connectivity index (χ1n) is 9.96. The average molecular weight is 465 g/mol. The number of nitro groups is 1. The lowest BCUT2D eigenvalue weighted by Gasteiger charge is -2.18. The van der Waals surface area contributed by atoms with Gasteiger partial charge in [0.1, 0.15) is 6.04 Å². The summed E-state index contributed by atoms with van der Waals surface area (Å²) in [6.07, 6.45) is 3.51. The Labute approximate surface area is 192 Å². The lowest BCUT2D eigenvalue weighted by molar-refractivity contribution is -0.384. The molecule has 2 heterocycles. The van der Waals surface area contributed by atoms with Gasteiger partial charge in [-0.05, 0) is 36.4 Å². The second kappa shape index (κ2) is 8.91. The van der Waals surface area contributed by atoms with Gasteiger partial charge in [0, 0.05) is 41.3 Å². The van der Waals surface area contributed by atoms with Crippen LogP contribution in [0, 0.1) is 10.1 Å². The van der Waals surface area contributed by atoms with Gasteiger partial charge in [-0.25, -0.2) is 4.79 Å². The molecule has 0 aliphatic carbocycles. The zero-order valence-corrected chi connectivity index (χ0v) is 18.6. The van der Waals surface area contributed by atoms with Crippen LogP contribution in [0.5, 0.6) is 0 Å². The summed E-state index contributed by atoms with van der Waals surface area (Å²) in [4.78, 5) is 48.6. The van der Waals surface area contributed by atoms with E-state index in [1.807, 2.05) is 35.0 Å². The largest absolute Gasteiger partial charge is 0.467 e. The number of aromatic nitrogens is 1. The summed E-state index contributed by atoms with van der Waals surface area (Å²) in [5, 5.41) is 11.2. The van der Waals surface area contributed by atoms with Crippen LogP contribution in [0.1, 0.15) is 18.1 Å². The highest BCUT2D eigenvalue weighted by atomic mass is 32.2. The van der Waals surface area contributed by atoms with E-state index >= 15 is 0 Å². The number of carbonyl (C=O) groups excluding carboxylic acids is 3. The standard InChI is InChI=1S/C23H19N3O6S/c1-14(22(28)32-2)25-21(27)20(33-23(25)29)11-16-13-24(19-6-4-3-5-18(16)19)12-15-7-9-17(10-8-15)26(30)31/h3-11,13-14H,12H2,1-2H3. The SMILES string of the molecule is COC(=O)C(C)N1C(=O)SC(=Cc2cn(Cc3ccc([N+](=O)[O-])cc3)c3ccccc23)C1=O. The van der Waals surface area contributed by atoms with Crippen molar-refractivity contribution in [3.05, 3.63) is 80.9 Å². The number of amides is 2. The summed E-state index contributed by atoms with van der Waals surface area (Å²) in [7, 11) is 1.20. The molecule has 0 bridgehead atoms. The first kappa shape index (κ1) is 22.3. The van der Waals surface area contributed by atoms with Crippen LogP contribution in [-0.4, -0.2) is 44.7 Å². The van der Waals surface area contributed by atoms with Crippen molar-refractivity contribution < 1.29 is 24.0 Å². The quantitative estimate of drug-likeness (QED) is 0.232. The molecule has 1 unspecified atom stereocenters. The Kier molecular flexibility index (Phi) is 6.01. The fraction of sp³-hybridized carbons (Fsp3) is 0.174. The van der Waals surface area contributed by atoms with Crippen molar-refractivity contribution in [2.45, 2.75) is 19.5 Å². The second-order valence-electron chi connectivity index (χ2n) is 7.40. The van der Waals surface area contributed by atoms with E-state index in [0.29, 0.717) is 6.54 Å². The number of imide groups is 1. The van der Waals surface area contributed by atoms with E-state index in [9.17, 15) is 24.5 Å². The molecule has 4 rings (SSSR count). The molecular weight excluding hydrogens is 446 g/mol. The Balaban J connectivity index is 1.67. The number of nitro benzene ring substituents is 1. The molecule has 33 heavy (non-hydrogen) atoms. The third-order valence-electron chi connectivity index (χ3n) is 5.36. The predicted molar refractivity (Wildman–Crippen MR) is 123 cm³/mol. The van der Waals surface area contributed by atoms with Crippen molar-refractivity contribution in [1.29, 1.82) is 0 Å². The number of hydrogen-bond donors (Lipinski definition) is 0. The Morgan fingerprint density at radius 1 is 1.18 bits per heavy atom. The molecule has 0 radical (unpaired) electrons. The molecule has 0 saturated carbocycles. The minimum Gasteiger partial charge on any atom is -0.467 e. The van der Waals surface area contributed by atoms with E-state index in [2.05, 4.69) is 4.74 Å². The molecular formula is C23H19N3O6S. The molecule has 1 aliphatic heterocycles. The van der Waals surface area contributed by atoms with Gasteiger partial charge in [0.2, 0.25) is 0 Å². The molecule has 1 aliphatic rings. The first-order chi connectivity index (χ1) is 15.8. The molecule has 10 heteroatoms. The molecule has 1 saturated heterocycles. The summed E-state index contributed by atoms with van der Waals surface area (Å²) in [5.41, 5.74) is 2.54. The lowest BCUT2D eigenvalue weighted by atomic mass is 10.1. The first-order valence-corrected chi connectivity index (χ1v) is 10.8. The average Bonchev–Trinajstić information content (AvgIpc) is 3.29. The Morgan fingerprint density at radius 3 is 2.55 bits per heavy atom. The molecule has 0 N–H and O–H groups in total. The second-order valence-corrected chi connectivity index (χ2v) is 8.40. The topological polar surface area (TPSA) is 112 Å². The van der Waals surface area contributed by atoms with Gasteiger partial charge in [0.15, 0.2) is 0 Å². The van der Waals surface area contributed by atoms with Crippen molar-refractivity contribution in [3.63, 3.8) is 0 Å². The molecule has 1 atom stereocenters. The van der Waals surface area contributed by atoms with Crippen LogP contribution >= 0.6 is 11.8 Å². The van der Waals surface area contributed by atoms with Gasteiger partial charge >= 0.3 is 5.97 Å². The number of esters is 1. The predicted octanol–water partition coefficient (Wildman–Crippen LogP) is 4.20. The van der Waals surface area contributed by atoms with Gasteiger partial charge < -0.3 is 9.30 Å². The summed E-state index contributed by atoms with van der Waals surface area (Å²) < 4.78 is 6.63. The number of nitrogens with zero attached hydrogens (tertiary/aromatic N) is 3. The van der Waals surface area contributed by atoms with E-state index in [4.69, 9.17) is 0 Å². The molecule has 0 spiro atoms. The number of non-ortho nitro benzene ring substituents is 1. The molecule has 1 aromatic heterocycles. The van der Waals surface area contributed by atoms with E-state index in [1.165, 1.54) is 26.2 Å². The summed E-state index contributed by atoms with van der Waals surface area (Å²) in [6.45, 7) is 1.91. The van der Waals surface area contributed by atoms with Gasteiger partial charge in [-0.3, -0.25) is 24.6 Å². The van der Waals surface area contributed by atoms with E-state index in [-0.39, 0.29) is 10.6 Å². The minimum absolute atomic E-state index is 0.0220. The van der Waals surface area contributed by atoms with Gasteiger partial charge in [-0.1, -0.05) is 30.3 Å². The molecule has 168 valence electrons. The van der Waals surface area contributed by atoms with Crippen LogP contribution in [0.2, 0.25) is 0 Å². The van der Waals surface area contributed by atoms with Gasteiger partial charge in [0.25, 0.3) is 16.8 Å². The molecule has 1 fully saturated rings. The summed E-state index contributed by atoms with van der Waals surface area (Å²) in [5.74, 6) is -1.21. The third-order valence-corrected chi connectivity index (χ3v) is 6.24. The maximum atomic E-state index is 12.8. The number of para-hydroxylation sites is 1. The number of ether oxygens (including phenoxy) is 1. The summed E-state index contributed by atoms with van der Waals surface area (Å²) >= 11 is 0.777. The highest BCUT2D eigenvalue weighted by Gasteiger charge is 2.41. The van der Waals surface area contributed by atoms with Gasteiger partial charge in [-0.2, -0.15) is 0 Å². The van der Waals surface area contributed by atoms with E-state index in [0.717, 1.165) is 38.7 Å². The number of thioether (sulfide) groups is 1. The Bertz CT molecular complexity index is 1310. The number of fused-ring (bicyclic) bond motifs is 1. The maximum absolute atomic E-state index is 12.8. The fourth-order valence-corrected chi connectivity index (χ4v) is 4.57. The third kappa shape index (κ3) is 4.24. The maximum Gasteiger partial charge on any atom is 0.328 e. The molecule has 9 nitrogen and oxygen atoms in total. The lowest BCUT2D eigenvalue weighted by Crippen LogP contribution is -2.42. The number of methoxy groups -OCH3 is 1. The molecule has 2 aromatic carbocycles. The molecule has 3 aromatic rings. The number of carbonyl (C=O) groups is 3. The smallest absolute Gasteiger partial charge is 0.328 e. The number of benzene rings is 2. The van der Waals surface area contributed by atoms with Gasteiger partial charge in [-0.15, -0.1) is 0 Å². The van der Waals surface area contributed by atoms with Crippen molar-refractivity contribution >= 4 is 51.5 Å². The van der Waals surface area contributed by atoms with E-state index < -0.39 is 28.1 Å². The highest BCUT2D eigenvalue weighted by molar-refractivity contribution is 8.18. The van der Waals surface area contributed by atoms with Crippen LogP contribution in [0.3, 0.4) is 0 Å². The molecule has 2 amide bonds. The number of hydrogen-bond acceptors (Lipinski definition) is 7. The van der Waals surface area contributed by atoms with E-state index in [1.54, 1.807) is 18.2 Å². The number of rotatable bonds is 6. The Hall–Kier alpha value is -3.92. The van der Waals surface area contributed by atoms with Crippen LogP contribution < -0.4 is 0 Å². The van der Waals surface area contributed by atoms with Crippen LogP contribution in [0.15, 0.2) is 59.6 Å².